The minimum absolute atomic E-state index is 0.148. The van der Waals surface area contributed by atoms with Gasteiger partial charge in [-0.15, -0.1) is 0 Å². The Bertz CT molecular complexity index is 335. The van der Waals surface area contributed by atoms with Gasteiger partial charge in [0.15, 0.2) is 0 Å². The monoisotopic (exact) mass is 282 g/mol. The second-order valence-corrected chi connectivity index (χ2v) is 7.65. The molecule has 20 heavy (non-hydrogen) atoms. The summed E-state index contributed by atoms with van der Waals surface area (Å²) in [7, 11) is 0. The van der Waals surface area contributed by atoms with Crippen LogP contribution in [0.1, 0.15) is 53.4 Å². The van der Waals surface area contributed by atoms with Gasteiger partial charge in [-0.3, -0.25) is 0 Å². The second-order valence-electron chi connectivity index (χ2n) is 7.65. The van der Waals surface area contributed by atoms with Crippen LogP contribution in [0.15, 0.2) is 0 Å². The fourth-order valence-corrected chi connectivity index (χ4v) is 3.45. The third kappa shape index (κ3) is 3.87. The van der Waals surface area contributed by atoms with Gasteiger partial charge in [0, 0.05) is 13.1 Å². The van der Waals surface area contributed by atoms with Crippen LogP contribution in [0.5, 0.6) is 0 Å². The SMILES string of the molecule is CC(C)(C)OC(=O)N1CCC(C)(C2CCNCC2)CC1. The first kappa shape index (κ1) is 15.6. The van der Waals surface area contributed by atoms with Gasteiger partial charge in [0.1, 0.15) is 5.60 Å². The van der Waals surface area contributed by atoms with E-state index < -0.39 is 5.60 Å². The number of ether oxygens (including phenoxy) is 1. The molecule has 1 N–H and O–H groups in total. The molecule has 2 fully saturated rings. The predicted octanol–water partition coefficient (Wildman–Crippen LogP) is 3.02. The van der Waals surface area contributed by atoms with Gasteiger partial charge >= 0.3 is 6.09 Å². The minimum Gasteiger partial charge on any atom is -0.444 e. The topological polar surface area (TPSA) is 41.6 Å². The average molecular weight is 282 g/mol. The first-order valence-corrected chi connectivity index (χ1v) is 7.99. The van der Waals surface area contributed by atoms with Gasteiger partial charge in [-0.05, 0) is 70.9 Å². The third-order valence-corrected chi connectivity index (χ3v) is 4.88. The zero-order chi connectivity index (χ0) is 14.8. The van der Waals surface area contributed by atoms with Crippen molar-refractivity contribution in [2.45, 2.75) is 59.0 Å². The smallest absolute Gasteiger partial charge is 0.410 e. The van der Waals surface area contributed by atoms with Gasteiger partial charge in [-0.1, -0.05) is 6.92 Å². The number of hydrogen-bond acceptors (Lipinski definition) is 3. The van der Waals surface area contributed by atoms with Gasteiger partial charge < -0.3 is 15.0 Å². The maximum Gasteiger partial charge on any atom is 0.410 e. The molecule has 0 spiro atoms. The van der Waals surface area contributed by atoms with E-state index in [0.717, 1.165) is 44.9 Å². The molecule has 0 aromatic carbocycles. The molecule has 0 atom stereocenters. The van der Waals surface area contributed by atoms with E-state index in [1.807, 2.05) is 25.7 Å². The summed E-state index contributed by atoms with van der Waals surface area (Å²) in [6.45, 7) is 12.2. The highest BCUT2D eigenvalue weighted by Gasteiger charge is 2.39. The molecule has 0 unspecified atom stereocenters. The van der Waals surface area contributed by atoms with E-state index in [4.69, 9.17) is 4.74 Å². The number of amides is 1. The molecule has 2 aliphatic heterocycles. The summed E-state index contributed by atoms with van der Waals surface area (Å²) in [4.78, 5) is 14.0. The van der Waals surface area contributed by atoms with Crippen LogP contribution in [0.4, 0.5) is 4.79 Å². The number of nitrogens with one attached hydrogen (secondary N) is 1. The molecule has 0 aliphatic carbocycles. The molecule has 0 bridgehead atoms. The Morgan fingerprint density at radius 2 is 1.75 bits per heavy atom. The van der Waals surface area contributed by atoms with Gasteiger partial charge in [0.25, 0.3) is 0 Å². The summed E-state index contributed by atoms with van der Waals surface area (Å²) in [6, 6.07) is 0. The van der Waals surface area contributed by atoms with Crippen LogP contribution in [0.3, 0.4) is 0 Å². The van der Waals surface area contributed by atoms with Gasteiger partial charge in [0.05, 0.1) is 0 Å². The first-order valence-electron chi connectivity index (χ1n) is 7.99. The van der Waals surface area contributed by atoms with Crippen LogP contribution in [0, 0.1) is 11.3 Å². The average Bonchev–Trinajstić information content (AvgIpc) is 2.38. The standard InChI is InChI=1S/C16H30N2O2/c1-15(2,3)20-14(19)18-11-7-16(4,8-12-18)13-5-9-17-10-6-13/h13,17H,5-12H2,1-4H3. The van der Waals surface area contributed by atoms with E-state index in [1.54, 1.807) is 0 Å². The minimum atomic E-state index is -0.396. The fraction of sp³-hybridized carbons (Fsp3) is 0.938. The molecule has 2 rings (SSSR count). The van der Waals surface area contributed by atoms with Crippen molar-refractivity contribution < 1.29 is 9.53 Å². The summed E-state index contributed by atoms with van der Waals surface area (Å²) < 4.78 is 5.47. The van der Waals surface area contributed by atoms with Crippen molar-refractivity contribution in [2.24, 2.45) is 11.3 Å². The van der Waals surface area contributed by atoms with Gasteiger partial charge in [-0.25, -0.2) is 4.79 Å². The van der Waals surface area contributed by atoms with Crippen molar-refractivity contribution in [1.82, 2.24) is 10.2 Å². The van der Waals surface area contributed by atoms with Crippen molar-refractivity contribution in [3.05, 3.63) is 0 Å². The molecular weight excluding hydrogens is 252 g/mol. The molecule has 4 nitrogen and oxygen atoms in total. The molecule has 0 aromatic rings. The molecule has 2 aliphatic rings. The van der Waals surface area contributed by atoms with E-state index in [-0.39, 0.29) is 6.09 Å². The van der Waals surface area contributed by atoms with E-state index >= 15 is 0 Å². The summed E-state index contributed by atoms with van der Waals surface area (Å²) >= 11 is 0. The quantitative estimate of drug-likeness (QED) is 0.804. The highest BCUT2D eigenvalue weighted by molar-refractivity contribution is 5.68. The molecule has 0 radical (unpaired) electrons. The lowest BCUT2D eigenvalue weighted by molar-refractivity contribution is 0.000312. The van der Waals surface area contributed by atoms with Crippen LogP contribution in [0.2, 0.25) is 0 Å². The lowest BCUT2D eigenvalue weighted by atomic mass is 9.67. The van der Waals surface area contributed by atoms with Crippen LogP contribution < -0.4 is 5.32 Å². The lowest BCUT2D eigenvalue weighted by Crippen LogP contribution is -2.48. The Balaban J connectivity index is 1.86. The summed E-state index contributed by atoms with van der Waals surface area (Å²) in [6.07, 6.45) is 4.63. The second kappa shape index (κ2) is 5.92. The predicted molar refractivity (Wildman–Crippen MR) is 80.7 cm³/mol. The number of piperidine rings is 2. The first-order chi connectivity index (χ1) is 9.30. The van der Waals surface area contributed by atoms with E-state index in [2.05, 4.69) is 12.2 Å². The van der Waals surface area contributed by atoms with Crippen LogP contribution in [-0.4, -0.2) is 42.8 Å². The normalized spacial score (nSPS) is 24.5. The Hall–Kier alpha value is -0.770. The maximum absolute atomic E-state index is 12.1. The number of nitrogens with zero attached hydrogens (tertiary/aromatic N) is 1. The van der Waals surface area contributed by atoms with Crippen LogP contribution in [0.25, 0.3) is 0 Å². The van der Waals surface area contributed by atoms with Crippen molar-refractivity contribution in [3.8, 4) is 0 Å². The lowest BCUT2D eigenvalue weighted by Gasteiger charge is -2.46. The zero-order valence-electron chi connectivity index (χ0n) is 13.5. The molecular formula is C16H30N2O2. The molecule has 116 valence electrons. The van der Waals surface area contributed by atoms with Crippen LogP contribution >= 0.6 is 0 Å². The molecule has 2 saturated heterocycles. The van der Waals surface area contributed by atoms with Crippen molar-refractivity contribution >= 4 is 6.09 Å². The highest BCUT2D eigenvalue weighted by atomic mass is 16.6. The molecule has 4 heteroatoms. The van der Waals surface area contributed by atoms with Crippen molar-refractivity contribution in [2.75, 3.05) is 26.2 Å². The van der Waals surface area contributed by atoms with Gasteiger partial charge in [0.2, 0.25) is 0 Å². The number of hydrogen-bond donors (Lipinski definition) is 1. The molecule has 0 aromatic heterocycles. The summed E-state index contributed by atoms with van der Waals surface area (Å²) in [5.41, 5.74) is 0.00743. The van der Waals surface area contributed by atoms with Crippen LogP contribution in [-0.2, 0) is 4.74 Å². The van der Waals surface area contributed by atoms with Crippen molar-refractivity contribution in [3.63, 3.8) is 0 Å². The number of carbonyl (C=O) groups excluding carboxylic acids is 1. The summed E-state index contributed by atoms with van der Waals surface area (Å²) in [5, 5.41) is 3.44. The van der Waals surface area contributed by atoms with Gasteiger partial charge in [-0.2, -0.15) is 0 Å². The number of rotatable bonds is 1. The largest absolute Gasteiger partial charge is 0.444 e. The highest BCUT2D eigenvalue weighted by Crippen LogP contribution is 2.42. The molecule has 0 saturated carbocycles. The van der Waals surface area contributed by atoms with Crippen molar-refractivity contribution in [1.29, 1.82) is 0 Å². The maximum atomic E-state index is 12.1. The zero-order valence-corrected chi connectivity index (χ0v) is 13.5. The number of likely N-dealkylation sites (tertiary alicyclic amines) is 1. The van der Waals surface area contributed by atoms with E-state index in [9.17, 15) is 4.79 Å². The van der Waals surface area contributed by atoms with E-state index in [1.165, 1.54) is 12.8 Å². The van der Waals surface area contributed by atoms with E-state index in [0.29, 0.717) is 5.41 Å². The number of carbonyl (C=O) groups is 1. The fourth-order valence-electron chi connectivity index (χ4n) is 3.45. The Morgan fingerprint density at radius 1 is 1.20 bits per heavy atom. The Labute approximate surface area is 123 Å². The molecule has 1 amide bonds. The third-order valence-electron chi connectivity index (χ3n) is 4.88. The Kier molecular flexibility index (Phi) is 4.62. The Morgan fingerprint density at radius 3 is 2.25 bits per heavy atom. The summed E-state index contributed by atoms with van der Waals surface area (Å²) in [5.74, 6) is 0.810. The molecule has 2 heterocycles.